The Morgan fingerprint density at radius 2 is 1.66 bits per heavy atom. The number of allylic oxidation sites excluding steroid dienone is 1. The van der Waals surface area contributed by atoms with E-state index in [-0.39, 0.29) is 6.04 Å². The fraction of sp³-hybridized carbons (Fsp3) is 0.154. The maximum atomic E-state index is 5.68. The van der Waals surface area contributed by atoms with E-state index >= 15 is 0 Å². The molecular weight excluding hydrogens is 400 g/mol. The Bertz CT molecular complexity index is 1250. The summed E-state index contributed by atoms with van der Waals surface area (Å²) in [6.07, 6.45) is 3.73. The first kappa shape index (κ1) is 19.9. The molecule has 0 radical (unpaired) electrons. The van der Waals surface area contributed by atoms with Crippen molar-refractivity contribution in [2.75, 3.05) is 19.0 Å². The Labute approximate surface area is 187 Å². The van der Waals surface area contributed by atoms with Crippen LogP contribution in [0.25, 0.3) is 16.8 Å². The minimum Gasteiger partial charge on any atom is -0.493 e. The fourth-order valence-corrected chi connectivity index (χ4v) is 3.96. The number of aromatic nitrogens is 3. The third-order valence-corrected chi connectivity index (χ3v) is 5.54. The molecule has 5 rings (SSSR count). The standard InChI is InChI=1S/C26H24N4O2/c1-3-32-24-14-13-21(15-25(24)31-2)23-16-22(29-26-27-17-28-30(23)26)20-11-9-19(10-12-20)18-7-5-4-6-8-18/h4-17,23H,3H2,1-2H3,(H,27,28,29)/t23-/m0/s1. The summed E-state index contributed by atoms with van der Waals surface area (Å²) in [5, 5.41) is 7.84. The molecule has 0 aliphatic carbocycles. The van der Waals surface area contributed by atoms with Gasteiger partial charge in [-0.25, -0.2) is 4.68 Å². The lowest BCUT2D eigenvalue weighted by molar-refractivity contribution is 0.310. The van der Waals surface area contributed by atoms with Crippen molar-refractivity contribution in [2.45, 2.75) is 13.0 Å². The Balaban J connectivity index is 1.51. The number of benzene rings is 3. The van der Waals surface area contributed by atoms with Gasteiger partial charge in [-0.15, -0.1) is 0 Å². The fourth-order valence-electron chi connectivity index (χ4n) is 3.96. The molecule has 0 saturated carbocycles. The van der Waals surface area contributed by atoms with Crippen molar-refractivity contribution in [1.29, 1.82) is 0 Å². The average molecular weight is 425 g/mol. The van der Waals surface area contributed by atoms with Gasteiger partial charge in [0.15, 0.2) is 11.5 Å². The van der Waals surface area contributed by atoms with Crippen LogP contribution in [0.1, 0.15) is 24.1 Å². The van der Waals surface area contributed by atoms with Crippen LogP contribution in [0.5, 0.6) is 11.5 Å². The molecule has 0 spiro atoms. The lowest BCUT2D eigenvalue weighted by Crippen LogP contribution is -2.20. The molecular formula is C26H24N4O2. The van der Waals surface area contributed by atoms with E-state index in [4.69, 9.17) is 9.47 Å². The molecule has 160 valence electrons. The van der Waals surface area contributed by atoms with E-state index in [9.17, 15) is 0 Å². The highest BCUT2D eigenvalue weighted by Gasteiger charge is 2.24. The second-order valence-corrected chi connectivity index (χ2v) is 7.47. The SMILES string of the molecule is CCOc1ccc([C@@H]2C=C(c3ccc(-c4ccccc4)cc3)Nc3ncnn32)cc1OC. The number of hydrogen-bond acceptors (Lipinski definition) is 5. The van der Waals surface area contributed by atoms with Gasteiger partial charge in [0.2, 0.25) is 5.95 Å². The van der Waals surface area contributed by atoms with Gasteiger partial charge in [0, 0.05) is 5.70 Å². The van der Waals surface area contributed by atoms with Crippen LogP contribution >= 0.6 is 0 Å². The monoisotopic (exact) mass is 424 g/mol. The van der Waals surface area contributed by atoms with Gasteiger partial charge in [-0.1, -0.05) is 60.7 Å². The zero-order valence-corrected chi connectivity index (χ0v) is 18.0. The van der Waals surface area contributed by atoms with Crippen molar-refractivity contribution in [2.24, 2.45) is 0 Å². The van der Waals surface area contributed by atoms with Crippen LogP contribution in [0.2, 0.25) is 0 Å². The van der Waals surface area contributed by atoms with Crippen LogP contribution in [0.4, 0.5) is 5.95 Å². The molecule has 1 N–H and O–H groups in total. The first-order chi connectivity index (χ1) is 15.8. The predicted molar refractivity (Wildman–Crippen MR) is 126 cm³/mol. The Morgan fingerprint density at radius 3 is 2.41 bits per heavy atom. The van der Waals surface area contributed by atoms with Gasteiger partial charge in [-0.2, -0.15) is 10.1 Å². The van der Waals surface area contributed by atoms with Crippen LogP contribution in [0.15, 0.2) is 85.2 Å². The Morgan fingerprint density at radius 1 is 0.906 bits per heavy atom. The summed E-state index contributed by atoms with van der Waals surface area (Å²) in [6, 6.07) is 24.8. The molecule has 0 bridgehead atoms. The van der Waals surface area contributed by atoms with Crippen molar-refractivity contribution in [3.8, 4) is 22.6 Å². The highest BCUT2D eigenvalue weighted by atomic mass is 16.5. The largest absolute Gasteiger partial charge is 0.493 e. The summed E-state index contributed by atoms with van der Waals surface area (Å²) < 4.78 is 13.1. The van der Waals surface area contributed by atoms with E-state index < -0.39 is 0 Å². The summed E-state index contributed by atoms with van der Waals surface area (Å²) in [4.78, 5) is 4.41. The van der Waals surface area contributed by atoms with Crippen molar-refractivity contribution in [1.82, 2.24) is 14.8 Å². The van der Waals surface area contributed by atoms with Gasteiger partial charge in [0.1, 0.15) is 12.4 Å². The Kier molecular flexibility index (Phi) is 5.34. The summed E-state index contributed by atoms with van der Waals surface area (Å²) >= 11 is 0. The second kappa shape index (κ2) is 8.59. The van der Waals surface area contributed by atoms with Crippen LogP contribution in [0.3, 0.4) is 0 Å². The first-order valence-corrected chi connectivity index (χ1v) is 10.6. The molecule has 0 amide bonds. The van der Waals surface area contributed by atoms with Crippen LogP contribution < -0.4 is 14.8 Å². The van der Waals surface area contributed by atoms with E-state index in [0.717, 1.165) is 22.6 Å². The van der Waals surface area contributed by atoms with Gasteiger partial charge in [-0.05, 0) is 47.4 Å². The number of ether oxygens (including phenoxy) is 2. The van der Waals surface area contributed by atoms with E-state index in [2.05, 4.69) is 70.0 Å². The van der Waals surface area contributed by atoms with Crippen molar-refractivity contribution in [3.05, 3.63) is 96.3 Å². The van der Waals surface area contributed by atoms with Crippen LogP contribution in [-0.4, -0.2) is 28.5 Å². The second-order valence-electron chi connectivity index (χ2n) is 7.47. The molecule has 32 heavy (non-hydrogen) atoms. The van der Waals surface area contributed by atoms with E-state index in [1.54, 1.807) is 13.4 Å². The third-order valence-electron chi connectivity index (χ3n) is 5.54. The van der Waals surface area contributed by atoms with E-state index in [1.807, 2.05) is 35.9 Å². The molecule has 3 aromatic carbocycles. The molecule has 1 aromatic heterocycles. The molecule has 0 saturated heterocycles. The minimum absolute atomic E-state index is 0.123. The number of hydrogen-bond donors (Lipinski definition) is 1. The van der Waals surface area contributed by atoms with Gasteiger partial charge < -0.3 is 14.8 Å². The van der Waals surface area contributed by atoms with Crippen molar-refractivity contribution in [3.63, 3.8) is 0 Å². The molecule has 0 unspecified atom stereocenters. The maximum Gasteiger partial charge on any atom is 0.226 e. The predicted octanol–water partition coefficient (Wildman–Crippen LogP) is 5.41. The van der Waals surface area contributed by atoms with Crippen LogP contribution in [-0.2, 0) is 0 Å². The number of anilines is 1. The number of fused-ring (bicyclic) bond motifs is 1. The molecule has 1 aliphatic rings. The summed E-state index contributed by atoms with van der Waals surface area (Å²) in [5.41, 5.74) is 5.49. The highest BCUT2D eigenvalue weighted by molar-refractivity contribution is 5.78. The van der Waals surface area contributed by atoms with E-state index in [0.29, 0.717) is 18.3 Å². The molecule has 4 aromatic rings. The smallest absolute Gasteiger partial charge is 0.226 e. The third kappa shape index (κ3) is 3.71. The lowest BCUT2D eigenvalue weighted by atomic mass is 9.99. The molecule has 6 nitrogen and oxygen atoms in total. The van der Waals surface area contributed by atoms with E-state index in [1.165, 1.54) is 11.1 Å². The highest BCUT2D eigenvalue weighted by Crippen LogP contribution is 2.36. The molecule has 0 fully saturated rings. The molecule has 1 atom stereocenters. The normalized spacial score (nSPS) is 14.8. The minimum atomic E-state index is -0.123. The zero-order chi connectivity index (χ0) is 21.9. The number of rotatable bonds is 6. The van der Waals surface area contributed by atoms with Gasteiger partial charge >= 0.3 is 0 Å². The number of nitrogens with zero attached hydrogens (tertiary/aromatic N) is 3. The zero-order valence-electron chi connectivity index (χ0n) is 18.0. The topological polar surface area (TPSA) is 61.2 Å². The average Bonchev–Trinajstić information content (AvgIpc) is 3.33. The molecule has 6 heteroatoms. The quantitative estimate of drug-likeness (QED) is 0.449. The van der Waals surface area contributed by atoms with Crippen molar-refractivity contribution >= 4 is 11.6 Å². The lowest BCUT2D eigenvalue weighted by Gasteiger charge is -2.25. The summed E-state index contributed by atoms with van der Waals surface area (Å²) in [5.74, 6) is 2.13. The van der Waals surface area contributed by atoms with Gasteiger partial charge in [-0.3, -0.25) is 0 Å². The summed E-state index contributed by atoms with van der Waals surface area (Å²) in [6.45, 7) is 2.54. The molecule has 2 heterocycles. The maximum absolute atomic E-state index is 5.68. The van der Waals surface area contributed by atoms with Gasteiger partial charge in [0.05, 0.1) is 13.7 Å². The first-order valence-electron chi connectivity index (χ1n) is 10.6. The number of methoxy groups -OCH3 is 1. The van der Waals surface area contributed by atoms with Crippen molar-refractivity contribution < 1.29 is 9.47 Å². The number of nitrogens with one attached hydrogen (secondary N) is 1. The Hall–Kier alpha value is -4.06. The van der Waals surface area contributed by atoms with Gasteiger partial charge in [0.25, 0.3) is 0 Å². The summed E-state index contributed by atoms with van der Waals surface area (Å²) in [7, 11) is 1.65. The van der Waals surface area contributed by atoms with Crippen LogP contribution in [0, 0.1) is 0 Å². The molecule has 1 aliphatic heterocycles.